The van der Waals surface area contributed by atoms with Gasteiger partial charge in [-0.15, -0.1) is 0 Å². The van der Waals surface area contributed by atoms with Gasteiger partial charge < -0.3 is 11.1 Å². The molecule has 2 atom stereocenters. The lowest BCUT2D eigenvalue weighted by Crippen LogP contribution is -2.24. The van der Waals surface area contributed by atoms with E-state index in [9.17, 15) is 4.79 Å². The molecule has 0 radical (unpaired) electrons. The van der Waals surface area contributed by atoms with Crippen LogP contribution < -0.4 is 11.1 Å². The number of para-hydroxylation sites is 1. The lowest BCUT2D eigenvalue weighted by Gasteiger charge is -2.14. The van der Waals surface area contributed by atoms with Gasteiger partial charge in [0.05, 0.1) is 5.92 Å². The average molecular weight is 278 g/mol. The van der Waals surface area contributed by atoms with Gasteiger partial charge in [0.1, 0.15) is 0 Å². The summed E-state index contributed by atoms with van der Waals surface area (Å²) in [6.45, 7) is 0. The van der Waals surface area contributed by atoms with Crippen LogP contribution in [0.3, 0.4) is 0 Å². The van der Waals surface area contributed by atoms with Crippen LogP contribution in [-0.2, 0) is 4.79 Å². The van der Waals surface area contributed by atoms with Gasteiger partial charge in [-0.25, -0.2) is 0 Å². The Kier molecular flexibility index (Phi) is 3.84. The molecule has 1 aliphatic carbocycles. The second-order valence-electron chi connectivity index (χ2n) is 5.29. The highest BCUT2D eigenvalue weighted by atomic mass is 16.1. The molecule has 21 heavy (non-hydrogen) atoms. The van der Waals surface area contributed by atoms with Gasteiger partial charge in [-0.1, -0.05) is 60.7 Å². The molecule has 0 bridgehead atoms. The predicted octanol–water partition coefficient (Wildman–Crippen LogP) is 3.20. The molecule has 0 saturated heterocycles. The van der Waals surface area contributed by atoms with Gasteiger partial charge in [0.25, 0.3) is 0 Å². The molecule has 0 saturated carbocycles. The molecular weight excluding hydrogens is 260 g/mol. The van der Waals surface area contributed by atoms with E-state index in [1.165, 1.54) is 0 Å². The summed E-state index contributed by atoms with van der Waals surface area (Å²) in [6, 6.07) is 17.9. The number of carbonyl (C=O) groups excluding carboxylic acids is 1. The number of amides is 1. The minimum atomic E-state index is -0.135. The van der Waals surface area contributed by atoms with Crippen LogP contribution >= 0.6 is 0 Å². The first-order valence-electron chi connectivity index (χ1n) is 7.13. The molecule has 0 aromatic heterocycles. The van der Waals surface area contributed by atoms with Crippen molar-refractivity contribution in [1.29, 1.82) is 0 Å². The molecule has 0 aliphatic heterocycles. The molecule has 1 aliphatic rings. The predicted molar refractivity (Wildman–Crippen MR) is 85.7 cm³/mol. The second-order valence-corrected chi connectivity index (χ2v) is 5.29. The highest BCUT2D eigenvalue weighted by molar-refractivity contribution is 5.97. The van der Waals surface area contributed by atoms with Gasteiger partial charge in [-0.05, 0) is 18.1 Å². The maximum atomic E-state index is 12.3. The Morgan fingerprint density at radius 1 is 1.00 bits per heavy atom. The van der Waals surface area contributed by atoms with E-state index in [1.54, 1.807) is 0 Å². The summed E-state index contributed by atoms with van der Waals surface area (Å²) < 4.78 is 0. The van der Waals surface area contributed by atoms with Gasteiger partial charge in [-0.2, -0.15) is 0 Å². The normalized spacial score (nSPS) is 20.4. The summed E-state index contributed by atoms with van der Waals surface area (Å²) in [4.78, 5) is 12.3. The van der Waals surface area contributed by atoms with E-state index < -0.39 is 0 Å². The minimum Gasteiger partial charge on any atom is -0.325 e. The van der Waals surface area contributed by atoms with Crippen LogP contribution in [0, 0.1) is 5.92 Å². The fourth-order valence-electron chi connectivity index (χ4n) is 2.61. The SMILES string of the molecule is NC1C=CC(C(=O)Nc2ccccc2-c2ccccc2)C1. The average Bonchev–Trinajstić information content (AvgIpc) is 2.95. The van der Waals surface area contributed by atoms with Crippen molar-refractivity contribution in [2.24, 2.45) is 11.7 Å². The maximum absolute atomic E-state index is 12.3. The number of hydrogen-bond donors (Lipinski definition) is 2. The van der Waals surface area contributed by atoms with E-state index in [4.69, 9.17) is 5.73 Å². The third-order valence-electron chi connectivity index (χ3n) is 3.72. The largest absolute Gasteiger partial charge is 0.325 e. The smallest absolute Gasteiger partial charge is 0.231 e. The van der Waals surface area contributed by atoms with Crippen LogP contribution in [0.15, 0.2) is 66.7 Å². The zero-order chi connectivity index (χ0) is 14.7. The molecule has 3 nitrogen and oxygen atoms in total. The molecule has 2 aromatic carbocycles. The van der Waals surface area contributed by atoms with E-state index in [2.05, 4.69) is 5.32 Å². The molecule has 3 rings (SSSR count). The number of anilines is 1. The monoisotopic (exact) mass is 278 g/mol. The van der Waals surface area contributed by atoms with E-state index in [1.807, 2.05) is 66.7 Å². The number of nitrogens with one attached hydrogen (secondary N) is 1. The number of carbonyl (C=O) groups is 1. The molecule has 0 spiro atoms. The number of nitrogens with two attached hydrogens (primary N) is 1. The zero-order valence-electron chi connectivity index (χ0n) is 11.7. The van der Waals surface area contributed by atoms with Crippen molar-refractivity contribution in [1.82, 2.24) is 0 Å². The van der Waals surface area contributed by atoms with Crippen molar-refractivity contribution in [3.8, 4) is 11.1 Å². The second kappa shape index (κ2) is 5.94. The Hall–Kier alpha value is -2.39. The van der Waals surface area contributed by atoms with Crippen molar-refractivity contribution in [2.75, 3.05) is 5.32 Å². The molecule has 106 valence electrons. The Bertz CT molecular complexity index is 664. The van der Waals surface area contributed by atoms with E-state index in [-0.39, 0.29) is 17.9 Å². The molecule has 3 heteroatoms. The highest BCUT2D eigenvalue weighted by Crippen LogP contribution is 2.28. The van der Waals surface area contributed by atoms with Gasteiger partial charge >= 0.3 is 0 Å². The van der Waals surface area contributed by atoms with Crippen LogP contribution in [0.25, 0.3) is 11.1 Å². The summed E-state index contributed by atoms with van der Waals surface area (Å²) in [5.41, 5.74) is 8.76. The molecule has 0 fully saturated rings. The first kappa shape index (κ1) is 13.6. The van der Waals surface area contributed by atoms with Crippen LogP contribution in [-0.4, -0.2) is 11.9 Å². The lowest BCUT2D eigenvalue weighted by atomic mass is 10.0. The number of benzene rings is 2. The highest BCUT2D eigenvalue weighted by Gasteiger charge is 2.23. The summed E-state index contributed by atoms with van der Waals surface area (Å²) in [5, 5.41) is 3.03. The third-order valence-corrected chi connectivity index (χ3v) is 3.72. The van der Waals surface area contributed by atoms with Gasteiger partial charge in [0, 0.05) is 17.3 Å². The van der Waals surface area contributed by atoms with E-state index >= 15 is 0 Å². The van der Waals surface area contributed by atoms with Gasteiger partial charge in [0.2, 0.25) is 5.91 Å². The van der Waals surface area contributed by atoms with E-state index in [0.717, 1.165) is 16.8 Å². The summed E-state index contributed by atoms with van der Waals surface area (Å²) in [5.74, 6) is -0.133. The Morgan fingerprint density at radius 3 is 2.43 bits per heavy atom. The molecule has 3 N–H and O–H groups in total. The van der Waals surface area contributed by atoms with Crippen molar-refractivity contribution in [2.45, 2.75) is 12.5 Å². The first-order valence-corrected chi connectivity index (χ1v) is 7.13. The minimum absolute atomic E-state index is 0.00239. The zero-order valence-corrected chi connectivity index (χ0v) is 11.7. The van der Waals surface area contributed by atoms with Crippen molar-refractivity contribution >= 4 is 11.6 Å². The van der Waals surface area contributed by atoms with Crippen molar-refractivity contribution in [3.05, 3.63) is 66.7 Å². The Morgan fingerprint density at radius 2 is 1.71 bits per heavy atom. The summed E-state index contributed by atoms with van der Waals surface area (Å²) >= 11 is 0. The molecule has 0 heterocycles. The topological polar surface area (TPSA) is 55.1 Å². The molecular formula is C18H18N2O. The van der Waals surface area contributed by atoms with Crippen LogP contribution in [0.1, 0.15) is 6.42 Å². The quantitative estimate of drug-likeness (QED) is 0.847. The van der Waals surface area contributed by atoms with Crippen molar-refractivity contribution in [3.63, 3.8) is 0 Å². The van der Waals surface area contributed by atoms with Gasteiger partial charge in [-0.3, -0.25) is 4.79 Å². The fourth-order valence-corrected chi connectivity index (χ4v) is 2.61. The maximum Gasteiger partial charge on any atom is 0.231 e. The van der Waals surface area contributed by atoms with Crippen LogP contribution in [0.5, 0.6) is 0 Å². The lowest BCUT2D eigenvalue weighted by molar-refractivity contribution is -0.118. The standard InChI is InChI=1S/C18H18N2O/c19-15-11-10-14(12-15)18(21)20-17-9-5-4-8-16(17)13-6-2-1-3-7-13/h1-11,14-15H,12,19H2,(H,20,21). The number of rotatable bonds is 3. The Labute approximate surface area is 124 Å². The van der Waals surface area contributed by atoms with Crippen molar-refractivity contribution < 1.29 is 4.79 Å². The van der Waals surface area contributed by atoms with Crippen LogP contribution in [0.4, 0.5) is 5.69 Å². The fraction of sp³-hybridized carbons (Fsp3) is 0.167. The molecule has 2 aromatic rings. The van der Waals surface area contributed by atoms with E-state index in [0.29, 0.717) is 6.42 Å². The number of hydrogen-bond acceptors (Lipinski definition) is 2. The Balaban J connectivity index is 1.83. The van der Waals surface area contributed by atoms with Gasteiger partial charge in [0.15, 0.2) is 0 Å². The summed E-state index contributed by atoms with van der Waals surface area (Å²) in [7, 11) is 0. The first-order chi connectivity index (χ1) is 10.2. The third kappa shape index (κ3) is 3.03. The molecule has 1 amide bonds. The molecule has 2 unspecified atom stereocenters. The van der Waals surface area contributed by atoms with Crippen LogP contribution in [0.2, 0.25) is 0 Å². The summed E-state index contributed by atoms with van der Waals surface area (Å²) in [6.07, 6.45) is 4.47.